The van der Waals surface area contributed by atoms with Gasteiger partial charge in [-0.15, -0.1) is 5.10 Å². The summed E-state index contributed by atoms with van der Waals surface area (Å²) in [4.78, 5) is 24.1. The van der Waals surface area contributed by atoms with E-state index in [1.165, 1.54) is 23.8 Å². The number of aromatic nitrogens is 3. The van der Waals surface area contributed by atoms with Crippen molar-refractivity contribution in [3.8, 4) is 5.69 Å². The van der Waals surface area contributed by atoms with E-state index >= 15 is 0 Å². The second-order valence-electron chi connectivity index (χ2n) is 4.93. The highest BCUT2D eigenvalue weighted by molar-refractivity contribution is 5.85. The van der Waals surface area contributed by atoms with E-state index in [0.717, 1.165) is 10.2 Å². The Kier molecular flexibility index (Phi) is 3.93. The van der Waals surface area contributed by atoms with Gasteiger partial charge in [0.1, 0.15) is 11.5 Å². The van der Waals surface area contributed by atoms with Crippen molar-refractivity contribution in [2.75, 3.05) is 7.11 Å². The maximum atomic E-state index is 14.0. The van der Waals surface area contributed by atoms with E-state index in [2.05, 4.69) is 9.84 Å². The minimum atomic E-state index is -0.743. The largest absolute Gasteiger partial charge is 0.463 e. The van der Waals surface area contributed by atoms with E-state index < -0.39 is 17.5 Å². The highest BCUT2D eigenvalue weighted by Crippen LogP contribution is 2.14. The number of nitrogens with zero attached hydrogens (tertiary/aromatic N) is 3. The van der Waals surface area contributed by atoms with Crippen molar-refractivity contribution in [3.05, 3.63) is 45.9 Å². The average Bonchev–Trinajstić information content (AvgIpc) is 2.75. The number of methoxy groups -OCH3 is 1. The second kappa shape index (κ2) is 5.51. The first kappa shape index (κ1) is 15.0. The minimum absolute atomic E-state index is 0.00449. The molecule has 0 radical (unpaired) electrons. The van der Waals surface area contributed by atoms with Crippen molar-refractivity contribution in [2.45, 2.75) is 26.8 Å². The van der Waals surface area contributed by atoms with Crippen LogP contribution in [0, 0.1) is 12.7 Å². The molecule has 6 nitrogen and oxygen atoms in total. The number of ether oxygens (including phenoxy) is 1. The number of hydrogen-bond donors (Lipinski definition) is 0. The molecule has 21 heavy (non-hydrogen) atoms. The minimum Gasteiger partial charge on any atom is -0.463 e. The Morgan fingerprint density at radius 1 is 1.38 bits per heavy atom. The molecule has 0 saturated heterocycles. The Labute approximate surface area is 120 Å². The van der Waals surface area contributed by atoms with Gasteiger partial charge >= 0.3 is 11.7 Å². The predicted molar refractivity (Wildman–Crippen MR) is 74.2 cm³/mol. The number of halogens is 1. The van der Waals surface area contributed by atoms with E-state index in [1.807, 2.05) is 0 Å². The summed E-state index contributed by atoms with van der Waals surface area (Å²) in [7, 11) is 1.20. The van der Waals surface area contributed by atoms with Crippen molar-refractivity contribution in [2.24, 2.45) is 0 Å². The summed E-state index contributed by atoms with van der Waals surface area (Å²) >= 11 is 0. The molecule has 0 amide bonds. The summed E-state index contributed by atoms with van der Waals surface area (Å²) in [6.07, 6.45) is 0. The lowest BCUT2D eigenvalue weighted by molar-refractivity contribution is 0.0578. The molecule has 0 spiro atoms. The Hall–Kier alpha value is -2.44. The van der Waals surface area contributed by atoms with Gasteiger partial charge in [-0.3, -0.25) is 4.57 Å². The van der Waals surface area contributed by atoms with Crippen LogP contribution in [-0.2, 0) is 4.74 Å². The van der Waals surface area contributed by atoms with Crippen molar-refractivity contribution >= 4 is 5.97 Å². The molecule has 0 bridgehead atoms. The Balaban J connectivity index is 2.71. The van der Waals surface area contributed by atoms with Crippen LogP contribution < -0.4 is 5.69 Å². The first-order valence-electron chi connectivity index (χ1n) is 6.43. The highest BCUT2D eigenvalue weighted by Gasteiger charge is 2.24. The van der Waals surface area contributed by atoms with Gasteiger partial charge in [0, 0.05) is 6.04 Å². The first-order chi connectivity index (χ1) is 9.86. The molecule has 0 aliphatic carbocycles. The third kappa shape index (κ3) is 2.58. The van der Waals surface area contributed by atoms with E-state index in [-0.39, 0.29) is 17.6 Å². The average molecular weight is 293 g/mol. The second-order valence-corrected chi connectivity index (χ2v) is 4.93. The van der Waals surface area contributed by atoms with Gasteiger partial charge in [-0.2, -0.15) is 4.68 Å². The number of carbonyl (C=O) groups excluding carboxylic acids is 1. The fraction of sp³-hybridized carbons (Fsp3) is 0.357. The van der Waals surface area contributed by atoms with Gasteiger partial charge < -0.3 is 4.74 Å². The van der Waals surface area contributed by atoms with Gasteiger partial charge in [0.15, 0.2) is 0 Å². The molecule has 1 aromatic carbocycles. The highest BCUT2D eigenvalue weighted by atomic mass is 19.1. The Bertz CT molecular complexity index is 746. The number of carbonyl (C=O) groups is 1. The van der Waals surface area contributed by atoms with Crippen LogP contribution in [0.4, 0.5) is 4.39 Å². The van der Waals surface area contributed by atoms with Crippen LogP contribution in [0.5, 0.6) is 0 Å². The van der Waals surface area contributed by atoms with Crippen molar-refractivity contribution < 1.29 is 13.9 Å². The van der Waals surface area contributed by atoms with Crippen LogP contribution in [0.2, 0.25) is 0 Å². The molecule has 7 heteroatoms. The molecule has 0 saturated carbocycles. The van der Waals surface area contributed by atoms with Crippen LogP contribution in [-0.4, -0.2) is 27.4 Å². The molecule has 0 aliphatic heterocycles. The molecule has 1 aromatic heterocycles. The molecule has 0 unspecified atom stereocenters. The zero-order valence-corrected chi connectivity index (χ0v) is 12.3. The fourth-order valence-corrected chi connectivity index (χ4v) is 2.01. The lowest BCUT2D eigenvalue weighted by atomic mass is 10.2. The normalized spacial score (nSPS) is 11.0. The molecule has 0 fully saturated rings. The summed E-state index contributed by atoms with van der Waals surface area (Å²) in [5.41, 5.74) is 0.129. The Morgan fingerprint density at radius 2 is 2.05 bits per heavy atom. The smallest absolute Gasteiger partial charge is 0.376 e. The van der Waals surface area contributed by atoms with Crippen LogP contribution >= 0.6 is 0 Å². The van der Waals surface area contributed by atoms with E-state index in [9.17, 15) is 14.0 Å². The predicted octanol–water partition coefficient (Wildman–Crippen LogP) is 1.85. The Morgan fingerprint density at radius 3 is 2.57 bits per heavy atom. The van der Waals surface area contributed by atoms with E-state index in [1.54, 1.807) is 26.8 Å². The lowest BCUT2D eigenvalue weighted by Crippen LogP contribution is -2.27. The molecule has 0 aliphatic rings. The van der Waals surface area contributed by atoms with Crippen molar-refractivity contribution in [1.29, 1.82) is 0 Å². The number of rotatable bonds is 3. The number of hydrogen-bond acceptors (Lipinski definition) is 4. The molecule has 0 N–H and O–H groups in total. The van der Waals surface area contributed by atoms with Crippen LogP contribution in [0.25, 0.3) is 5.69 Å². The SMILES string of the molecule is COC(=O)c1nn(-c2ccc(C)cc2F)c(=O)n1C(C)C. The van der Waals surface area contributed by atoms with Gasteiger partial charge in [0.05, 0.1) is 7.11 Å². The topological polar surface area (TPSA) is 66.1 Å². The maximum absolute atomic E-state index is 14.0. The molecule has 1 heterocycles. The molecule has 2 aromatic rings. The molecule has 112 valence electrons. The fourth-order valence-electron chi connectivity index (χ4n) is 2.01. The van der Waals surface area contributed by atoms with Gasteiger partial charge in [-0.25, -0.2) is 14.0 Å². The summed E-state index contributed by atoms with van der Waals surface area (Å²) in [5, 5.41) is 3.92. The quantitative estimate of drug-likeness (QED) is 0.810. The van der Waals surface area contributed by atoms with Gasteiger partial charge in [-0.05, 0) is 38.5 Å². The molecule has 0 atom stereocenters. The standard InChI is InChI=1S/C14H16FN3O3/c1-8(2)17-12(13(19)21-4)16-18(14(17)20)11-6-5-9(3)7-10(11)15/h5-8H,1-4H3. The van der Waals surface area contributed by atoms with Crippen molar-refractivity contribution in [3.63, 3.8) is 0 Å². The summed E-state index contributed by atoms with van der Waals surface area (Å²) < 4.78 is 20.7. The van der Waals surface area contributed by atoms with E-state index in [0.29, 0.717) is 0 Å². The van der Waals surface area contributed by atoms with Gasteiger partial charge in [0.2, 0.25) is 5.82 Å². The summed E-state index contributed by atoms with van der Waals surface area (Å²) in [5.74, 6) is -1.48. The summed E-state index contributed by atoms with van der Waals surface area (Å²) in [6, 6.07) is 4.10. The third-order valence-electron chi connectivity index (χ3n) is 3.03. The van der Waals surface area contributed by atoms with Gasteiger partial charge in [0.25, 0.3) is 0 Å². The van der Waals surface area contributed by atoms with Crippen LogP contribution in [0.15, 0.2) is 23.0 Å². The number of esters is 1. The first-order valence-corrected chi connectivity index (χ1v) is 6.43. The van der Waals surface area contributed by atoms with Crippen LogP contribution in [0.3, 0.4) is 0 Å². The number of aryl methyl sites for hydroxylation is 1. The zero-order chi connectivity index (χ0) is 15.7. The van der Waals surface area contributed by atoms with E-state index in [4.69, 9.17) is 0 Å². The zero-order valence-electron chi connectivity index (χ0n) is 12.3. The third-order valence-corrected chi connectivity index (χ3v) is 3.03. The monoisotopic (exact) mass is 293 g/mol. The summed E-state index contributed by atoms with van der Waals surface area (Å²) in [6.45, 7) is 5.19. The van der Waals surface area contributed by atoms with Crippen molar-refractivity contribution in [1.82, 2.24) is 14.3 Å². The molecular weight excluding hydrogens is 277 g/mol. The van der Waals surface area contributed by atoms with Gasteiger partial charge in [-0.1, -0.05) is 6.07 Å². The molecular formula is C14H16FN3O3. The molecule has 2 rings (SSSR count). The van der Waals surface area contributed by atoms with Crippen LogP contribution in [0.1, 0.15) is 36.1 Å². The lowest BCUT2D eigenvalue weighted by Gasteiger charge is -2.06. The number of benzene rings is 1. The maximum Gasteiger partial charge on any atom is 0.376 e.